The van der Waals surface area contributed by atoms with Crippen LogP contribution in [0.5, 0.6) is 0 Å². The normalized spacial score (nSPS) is 11.3. The van der Waals surface area contributed by atoms with Crippen LogP contribution in [0.2, 0.25) is 0 Å². The maximum Gasteiger partial charge on any atom is 0.246 e. The van der Waals surface area contributed by atoms with Crippen LogP contribution in [0.4, 0.5) is 0 Å². The third kappa shape index (κ3) is 19.6. The SMILES string of the molecule is C=C(C)C(=O)NCCC[N+](C)(C)CC.CS(=O)(=O)[O-]. The summed E-state index contributed by atoms with van der Waals surface area (Å²) in [5.74, 6) is -0.0354. The standard InChI is InChI=1S/C11H22N2O.CH4O3S/c1-6-13(4,5)9-7-8-12-11(14)10(2)3;1-5(2,3)4/h2,6-9H2,1,3-5H3;1H3,(H,2,3,4). The highest BCUT2D eigenvalue weighted by molar-refractivity contribution is 7.84. The smallest absolute Gasteiger partial charge is 0.246 e. The number of rotatable bonds is 6. The Balaban J connectivity index is 0. The summed E-state index contributed by atoms with van der Waals surface area (Å²) in [4.78, 5) is 11.1. The largest absolute Gasteiger partial charge is 0.748 e. The molecule has 0 unspecified atom stereocenters. The molecule has 0 fully saturated rings. The number of nitrogens with one attached hydrogen (secondary N) is 1. The summed E-state index contributed by atoms with van der Waals surface area (Å²) in [6, 6.07) is 0. The van der Waals surface area contributed by atoms with Crippen molar-refractivity contribution in [2.75, 3.05) is 40.0 Å². The Kier molecular flexibility index (Phi) is 9.73. The van der Waals surface area contributed by atoms with E-state index in [0.29, 0.717) is 11.8 Å². The molecule has 0 aromatic rings. The third-order valence-corrected chi connectivity index (χ3v) is 2.47. The molecular formula is C12H26N2O4S. The van der Waals surface area contributed by atoms with E-state index in [4.69, 9.17) is 13.0 Å². The average molecular weight is 294 g/mol. The van der Waals surface area contributed by atoms with Crippen molar-refractivity contribution in [3.05, 3.63) is 12.2 Å². The van der Waals surface area contributed by atoms with Crippen molar-refractivity contribution in [1.82, 2.24) is 5.32 Å². The lowest BCUT2D eigenvalue weighted by atomic mass is 10.3. The van der Waals surface area contributed by atoms with Crippen LogP contribution in [0.3, 0.4) is 0 Å². The number of carbonyl (C=O) groups is 1. The molecule has 7 heteroatoms. The van der Waals surface area contributed by atoms with Crippen LogP contribution in [-0.2, 0) is 14.9 Å². The minimum atomic E-state index is -3.92. The summed E-state index contributed by atoms with van der Waals surface area (Å²) in [5, 5.41) is 2.83. The molecule has 0 heterocycles. The molecule has 0 aromatic heterocycles. The maximum atomic E-state index is 11.1. The first-order valence-corrected chi connectivity index (χ1v) is 7.87. The van der Waals surface area contributed by atoms with Crippen LogP contribution in [0.1, 0.15) is 20.3 Å². The van der Waals surface area contributed by atoms with E-state index in [1.807, 2.05) is 0 Å². The molecule has 0 aromatic carbocycles. The Morgan fingerprint density at radius 3 is 2.11 bits per heavy atom. The summed E-state index contributed by atoms with van der Waals surface area (Å²) in [6.45, 7) is 10.4. The fourth-order valence-corrected chi connectivity index (χ4v) is 1.02. The fourth-order valence-electron chi connectivity index (χ4n) is 1.02. The molecule has 1 N–H and O–H groups in total. The van der Waals surface area contributed by atoms with Crippen LogP contribution in [-0.4, -0.2) is 63.3 Å². The second kappa shape index (κ2) is 9.06. The molecule has 0 saturated heterocycles. The minimum Gasteiger partial charge on any atom is -0.748 e. The zero-order valence-electron chi connectivity index (χ0n) is 12.5. The molecule has 6 nitrogen and oxygen atoms in total. The lowest BCUT2D eigenvalue weighted by Gasteiger charge is -2.28. The summed E-state index contributed by atoms with van der Waals surface area (Å²) >= 11 is 0. The quantitative estimate of drug-likeness (QED) is 0.331. The van der Waals surface area contributed by atoms with E-state index in [1.165, 1.54) is 0 Å². The predicted octanol–water partition coefficient (Wildman–Crippen LogP) is 0.327. The van der Waals surface area contributed by atoms with Gasteiger partial charge in [-0.05, 0) is 13.8 Å². The molecule has 0 bridgehead atoms. The van der Waals surface area contributed by atoms with Gasteiger partial charge in [0.05, 0.1) is 37.3 Å². The van der Waals surface area contributed by atoms with Gasteiger partial charge >= 0.3 is 0 Å². The van der Waals surface area contributed by atoms with Gasteiger partial charge in [0.25, 0.3) is 0 Å². The first-order chi connectivity index (χ1) is 8.39. The lowest BCUT2D eigenvalue weighted by Crippen LogP contribution is -2.41. The van der Waals surface area contributed by atoms with Gasteiger partial charge in [-0.25, -0.2) is 8.42 Å². The van der Waals surface area contributed by atoms with Gasteiger partial charge < -0.3 is 14.4 Å². The van der Waals surface area contributed by atoms with Gasteiger partial charge in [-0.3, -0.25) is 4.79 Å². The minimum absolute atomic E-state index is 0.0354. The molecule has 0 atom stereocenters. The van der Waals surface area contributed by atoms with E-state index in [0.717, 1.165) is 30.5 Å². The first-order valence-electron chi connectivity index (χ1n) is 6.05. The van der Waals surface area contributed by atoms with E-state index in [1.54, 1.807) is 6.92 Å². The predicted molar refractivity (Wildman–Crippen MR) is 75.6 cm³/mol. The van der Waals surface area contributed by atoms with Gasteiger partial charge in [-0.1, -0.05) is 6.58 Å². The van der Waals surface area contributed by atoms with Crippen LogP contribution in [0.25, 0.3) is 0 Å². The Morgan fingerprint density at radius 1 is 1.37 bits per heavy atom. The van der Waals surface area contributed by atoms with E-state index >= 15 is 0 Å². The average Bonchev–Trinajstić information content (AvgIpc) is 2.21. The molecule has 0 saturated carbocycles. The van der Waals surface area contributed by atoms with E-state index in [-0.39, 0.29) is 5.91 Å². The molecule has 0 aliphatic heterocycles. The number of quaternary nitrogens is 1. The molecule has 0 radical (unpaired) electrons. The van der Waals surface area contributed by atoms with Gasteiger partial charge in [0.15, 0.2) is 0 Å². The van der Waals surface area contributed by atoms with Gasteiger partial charge in [-0.2, -0.15) is 0 Å². The molecule has 0 aliphatic carbocycles. The highest BCUT2D eigenvalue weighted by atomic mass is 32.2. The van der Waals surface area contributed by atoms with Crippen LogP contribution >= 0.6 is 0 Å². The number of nitrogens with zero attached hydrogens (tertiary/aromatic N) is 1. The zero-order chi connectivity index (χ0) is 15.7. The molecule has 0 aliphatic rings. The summed E-state index contributed by atoms with van der Waals surface area (Å²) in [5.41, 5.74) is 0.578. The van der Waals surface area contributed by atoms with Crippen LogP contribution in [0.15, 0.2) is 12.2 Å². The van der Waals surface area contributed by atoms with Gasteiger partial charge in [0, 0.05) is 24.8 Å². The number of carbonyl (C=O) groups excluding carboxylic acids is 1. The molecule has 19 heavy (non-hydrogen) atoms. The van der Waals surface area contributed by atoms with Crippen molar-refractivity contribution in [1.29, 1.82) is 0 Å². The summed E-state index contributed by atoms with van der Waals surface area (Å²) in [6.07, 6.45) is 1.62. The fraction of sp³-hybridized carbons (Fsp3) is 0.750. The second-order valence-electron chi connectivity index (χ2n) is 5.07. The van der Waals surface area contributed by atoms with E-state index < -0.39 is 10.1 Å². The molecule has 114 valence electrons. The Labute approximate surface area is 116 Å². The lowest BCUT2D eigenvalue weighted by molar-refractivity contribution is -0.888. The topological polar surface area (TPSA) is 86.3 Å². The van der Waals surface area contributed by atoms with Gasteiger partial charge in [-0.15, -0.1) is 0 Å². The van der Waals surface area contributed by atoms with Crippen molar-refractivity contribution >= 4 is 16.0 Å². The number of amides is 1. The monoisotopic (exact) mass is 294 g/mol. The molecule has 1 amide bonds. The van der Waals surface area contributed by atoms with Crippen molar-refractivity contribution in [3.8, 4) is 0 Å². The van der Waals surface area contributed by atoms with Crippen LogP contribution < -0.4 is 5.32 Å². The molecule has 0 rings (SSSR count). The maximum absolute atomic E-state index is 11.1. The second-order valence-corrected chi connectivity index (χ2v) is 6.48. The summed E-state index contributed by atoms with van der Waals surface area (Å²) < 4.78 is 28.2. The van der Waals surface area contributed by atoms with Crippen molar-refractivity contribution in [2.45, 2.75) is 20.3 Å². The molecule has 0 spiro atoms. The van der Waals surface area contributed by atoms with Crippen molar-refractivity contribution < 1.29 is 22.2 Å². The first kappa shape index (κ1) is 20.4. The third-order valence-electron chi connectivity index (χ3n) is 2.47. The number of hydrogen-bond acceptors (Lipinski definition) is 4. The zero-order valence-corrected chi connectivity index (χ0v) is 13.3. The Bertz CT molecular complexity index is 381. The highest BCUT2D eigenvalue weighted by Crippen LogP contribution is 1.97. The van der Waals surface area contributed by atoms with Crippen molar-refractivity contribution in [2.24, 2.45) is 0 Å². The number of hydrogen-bond donors (Lipinski definition) is 1. The summed E-state index contributed by atoms with van der Waals surface area (Å²) in [7, 11) is 0.473. The van der Waals surface area contributed by atoms with Gasteiger partial charge in [0.1, 0.15) is 0 Å². The van der Waals surface area contributed by atoms with Crippen LogP contribution in [0, 0.1) is 0 Å². The molecular weight excluding hydrogens is 268 g/mol. The van der Waals surface area contributed by atoms with E-state index in [9.17, 15) is 4.79 Å². The van der Waals surface area contributed by atoms with E-state index in [2.05, 4.69) is 32.9 Å². The highest BCUT2D eigenvalue weighted by Gasteiger charge is 2.10. The van der Waals surface area contributed by atoms with Gasteiger partial charge in [0.2, 0.25) is 5.91 Å². The van der Waals surface area contributed by atoms with Crippen molar-refractivity contribution in [3.63, 3.8) is 0 Å². The Morgan fingerprint density at radius 2 is 1.79 bits per heavy atom. The Hall–Kier alpha value is -0.920.